The lowest BCUT2D eigenvalue weighted by Crippen LogP contribution is -2.36. The van der Waals surface area contributed by atoms with Crippen LogP contribution in [0.25, 0.3) is 6.08 Å². The van der Waals surface area contributed by atoms with Gasteiger partial charge in [-0.25, -0.2) is 0 Å². The van der Waals surface area contributed by atoms with Gasteiger partial charge < -0.3 is 4.79 Å². The summed E-state index contributed by atoms with van der Waals surface area (Å²) in [5.41, 5.74) is 0.862. The lowest BCUT2D eigenvalue weighted by Gasteiger charge is -2.14. The van der Waals surface area contributed by atoms with Gasteiger partial charge in [0, 0.05) is 12.5 Å². The van der Waals surface area contributed by atoms with Crippen molar-refractivity contribution in [1.82, 2.24) is 4.90 Å². The zero-order valence-corrected chi connectivity index (χ0v) is 10.2. The van der Waals surface area contributed by atoms with Crippen LogP contribution in [0.15, 0.2) is 36.4 Å². The standard InChI is InChI=1S/C14H15NO3/c1-2-13(17)15(10-11-16)14(18)9-8-12-6-4-3-5-7-12/h3-9,11H,2,10H2,1H3. The Morgan fingerprint density at radius 2 is 1.89 bits per heavy atom. The molecule has 0 saturated heterocycles. The first kappa shape index (κ1) is 13.8. The molecule has 1 aromatic rings. The number of carbonyl (C=O) groups excluding carboxylic acids is 3. The van der Waals surface area contributed by atoms with Gasteiger partial charge in [0.2, 0.25) is 5.91 Å². The van der Waals surface area contributed by atoms with Crippen LogP contribution in [0.1, 0.15) is 18.9 Å². The molecule has 0 spiro atoms. The number of amides is 2. The Balaban J connectivity index is 2.75. The van der Waals surface area contributed by atoms with Crippen molar-refractivity contribution in [1.29, 1.82) is 0 Å². The number of hydrogen-bond donors (Lipinski definition) is 0. The first-order chi connectivity index (χ1) is 8.69. The second-order valence-corrected chi connectivity index (χ2v) is 3.61. The molecule has 0 atom stereocenters. The van der Waals surface area contributed by atoms with E-state index >= 15 is 0 Å². The van der Waals surface area contributed by atoms with Crippen molar-refractivity contribution in [3.05, 3.63) is 42.0 Å². The number of rotatable bonds is 5. The summed E-state index contributed by atoms with van der Waals surface area (Å²) in [5, 5.41) is 0. The molecule has 0 aliphatic carbocycles. The van der Waals surface area contributed by atoms with Crippen LogP contribution in [0.4, 0.5) is 0 Å². The second-order valence-electron chi connectivity index (χ2n) is 3.61. The Hall–Kier alpha value is -2.23. The molecule has 0 heterocycles. The number of benzene rings is 1. The first-order valence-electron chi connectivity index (χ1n) is 5.70. The predicted molar refractivity (Wildman–Crippen MR) is 68.6 cm³/mol. The van der Waals surface area contributed by atoms with Gasteiger partial charge in [-0.2, -0.15) is 0 Å². The molecule has 4 heteroatoms. The molecule has 0 aliphatic heterocycles. The molecule has 0 radical (unpaired) electrons. The minimum atomic E-state index is -0.474. The fourth-order valence-corrected chi connectivity index (χ4v) is 1.40. The third-order valence-corrected chi connectivity index (χ3v) is 2.34. The lowest BCUT2D eigenvalue weighted by atomic mass is 10.2. The Morgan fingerprint density at radius 3 is 2.44 bits per heavy atom. The number of nitrogens with zero attached hydrogens (tertiary/aromatic N) is 1. The van der Waals surface area contributed by atoms with E-state index in [0.717, 1.165) is 10.5 Å². The topological polar surface area (TPSA) is 54.5 Å². The average molecular weight is 245 g/mol. The van der Waals surface area contributed by atoms with Crippen molar-refractivity contribution in [3.8, 4) is 0 Å². The molecule has 18 heavy (non-hydrogen) atoms. The van der Waals surface area contributed by atoms with Gasteiger partial charge in [0.15, 0.2) is 0 Å². The van der Waals surface area contributed by atoms with Gasteiger partial charge in [0.05, 0.1) is 6.54 Å². The second kappa shape index (κ2) is 7.17. The minimum absolute atomic E-state index is 0.193. The first-order valence-corrected chi connectivity index (χ1v) is 5.70. The van der Waals surface area contributed by atoms with Crippen molar-refractivity contribution in [2.24, 2.45) is 0 Å². The van der Waals surface area contributed by atoms with Crippen LogP contribution in [-0.4, -0.2) is 29.5 Å². The normalized spacial score (nSPS) is 10.3. The Morgan fingerprint density at radius 1 is 1.22 bits per heavy atom. The molecule has 94 valence electrons. The Bertz CT molecular complexity index is 451. The summed E-state index contributed by atoms with van der Waals surface area (Å²) in [6.45, 7) is 1.44. The van der Waals surface area contributed by atoms with Crippen molar-refractivity contribution < 1.29 is 14.4 Å². The molecular weight excluding hydrogens is 230 g/mol. The maximum atomic E-state index is 11.8. The molecule has 2 amide bonds. The van der Waals surface area contributed by atoms with E-state index < -0.39 is 5.91 Å². The molecule has 0 aliphatic rings. The number of hydrogen-bond acceptors (Lipinski definition) is 3. The van der Waals surface area contributed by atoms with Crippen molar-refractivity contribution in [2.45, 2.75) is 13.3 Å². The van der Waals surface area contributed by atoms with Crippen LogP contribution < -0.4 is 0 Å². The molecule has 0 fully saturated rings. The van der Waals surface area contributed by atoms with E-state index in [1.54, 1.807) is 13.0 Å². The molecule has 0 N–H and O–H groups in total. The molecule has 1 rings (SSSR count). The SMILES string of the molecule is CCC(=O)N(CC=O)C(=O)C=Cc1ccccc1. The highest BCUT2D eigenvalue weighted by molar-refractivity contribution is 6.03. The highest BCUT2D eigenvalue weighted by Gasteiger charge is 2.16. The fraction of sp³-hybridized carbons (Fsp3) is 0.214. The van der Waals surface area contributed by atoms with Gasteiger partial charge >= 0.3 is 0 Å². The van der Waals surface area contributed by atoms with E-state index in [2.05, 4.69) is 0 Å². The third kappa shape index (κ3) is 3.97. The maximum Gasteiger partial charge on any atom is 0.253 e. The quantitative estimate of drug-likeness (QED) is 0.585. The van der Waals surface area contributed by atoms with Gasteiger partial charge in [-0.1, -0.05) is 37.3 Å². The summed E-state index contributed by atoms with van der Waals surface area (Å²) in [4.78, 5) is 34.6. The minimum Gasteiger partial charge on any atom is -0.301 e. The smallest absolute Gasteiger partial charge is 0.253 e. The monoisotopic (exact) mass is 245 g/mol. The molecular formula is C14H15NO3. The van der Waals surface area contributed by atoms with E-state index in [4.69, 9.17) is 0 Å². The van der Waals surface area contributed by atoms with Crippen LogP contribution in [0, 0.1) is 0 Å². The van der Waals surface area contributed by atoms with Gasteiger partial charge in [0.1, 0.15) is 6.29 Å². The highest BCUT2D eigenvalue weighted by Crippen LogP contribution is 2.03. The van der Waals surface area contributed by atoms with Crippen molar-refractivity contribution in [3.63, 3.8) is 0 Å². The van der Waals surface area contributed by atoms with Crippen LogP contribution >= 0.6 is 0 Å². The largest absolute Gasteiger partial charge is 0.301 e. The van der Waals surface area contributed by atoms with Crippen LogP contribution in [0.3, 0.4) is 0 Å². The van der Waals surface area contributed by atoms with Gasteiger partial charge in [-0.15, -0.1) is 0 Å². The van der Waals surface area contributed by atoms with Gasteiger partial charge in [-0.05, 0) is 11.6 Å². The lowest BCUT2D eigenvalue weighted by molar-refractivity contribution is -0.143. The summed E-state index contributed by atoms with van der Waals surface area (Å²) in [6, 6.07) is 9.26. The maximum absolute atomic E-state index is 11.8. The van der Waals surface area contributed by atoms with E-state index in [-0.39, 0.29) is 18.9 Å². The third-order valence-electron chi connectivity index (χ3n) is 2.34. The van der Waals surface area contributed by atoms with Crippen molar-refractivity contribution >= 4 is 24.2 Å². The summed E-state index contributed by atoms with van der Waals surface area (Å²) >= 11 is 0. The highest BCUT2D eigenvalue weighted by atomic mass is 16.2. The fourth-order valence-electron chi connectivity index (χ4n) is 1.40. The van der Waals surface area contributed by atoms with E-state index in [1.165, 1.54) is 6.08 Å². The Labute approximate surface area is 106 Å². The molecule has 0 aromatic heterocycles. The number of imide groups is 1. The number of carbonyl (C=O) groups is 3. The van der Waals surface area contributed by atoms with E-state index in [0.29, 0.717) is 6.29 Å². The molecule has 0 bridgehead atoms. The summed E-state index contributed by atoms with van der Waals surface area (Å²) < 4.78 is 0. The van der Waals surface area contributed by atoms with Crippen molar-refractivity contribution in [2.75, 3.05) is 6.54 Å². The Kier molecular flexibility index (Phi) is 5.51. The zero-order valence-electron chi connectivity index (χ0n) is 10.2. The van der Waals surface area contributed by atoms with Gasteiger partial charge in [-0.3, -0.25) is 14.5 Å². The summed E-state index contributed by atoms with van der Waals surface area (Å²) in [5.74, 6) is -0.831. The van der Waals surface area contributed by atoms with E-state index in [1.807, 2.05) is 30.3 Å². The van der Waals surface area contributed by atoms with Gasteiger partial charge in [0.25, 0.3) is 5.91 Å². The predicted octanol–water partition coefficient (Wildman–Crippen LogP) is 1.66. The summed E-state index contributed by atoms with van der Waals surface area (Å²) in [7, 11) is 0. The zero-order chi connectivity index (χ0) is 13.4. The van der Waals surface area contributed by atoms with Crippen LogP contribution in [-0.2, 0) is 14.4 Å². The molecule has 4 nitrogen and oxygen atoms in total. The van der Waals surface area contributed by atoms with Crippen LogP contribution in [0.2, 0.25) is 0 Å². The van der Waals surface area contributed by atoms with E-state index in [9.17, 15) is 14.4 Å². The average Bonchev–Trinajstić information content (AvgIpc) is 2.42. The summed E-state index contributed by atoms with van der Waals surface area (Å²) in [6.07, 6.45) is 3.65. The molecule has 0 unspecified atom stereocenters. The molecule has 0 saturated carbocycles. The van der Waals surface area contributed by atoms with Crippen LogP contribution in [0.5, 0.6) is 0 Å². The number of aldehydes is 1. The molecule has 1 aromatic carbocycles.